The van der Waals surface area contributed by atoms with Crippen molar-refractivity contribution >= 4 is 24.2 Å². The number of rotatable bonds is 10. The maximum atomic E-state index is 12.3. The van der Waals surface area contributed by atoms with Crippen LogP contribution in [0.3, 0.4) is 0 Å². The molecule has 0 atom stereocenters. The summed E-state index contributed by atoms with van der Waals surface area (Å²) in [4.78, 5) is 79.7. The van der Waals surface area contributed by atoms with Gasteiger partial charge in [-0.2, -0.15) is 19.2 Å². The van der Waals surface area contributed by atoms with E-state index in [1.807, 2.05) is 18.4 Å². The van der Waals surface area contributed by atoms with Gasteiger partial charge in [-0.25, -0.2) is 9.59 Å². The third-order valence-electron chi connectivity index (χ3n) is 5.49. The van der Waals surface area contributed by atoms with Crippen LogP contribution in [0.4, 0.5) is 0 Å². The summed E-state index contributed by atoms with van der Waals surface area (Å²) in [6.45, 7) is 11.5. The summed E-state index contributed by atoms with van der Waals surface area (Å²) < 4.78 is 27.0. The molecule has 0 amide bonds. The molecule has 0 unspecified atom stereocenters. The highest BCUT2D eigenvalue weighted by atomic mass is 16.7. The maximum absolute atomic E-state index is 12.3. The first-order valence-electron chi connectivity index (χ1n) is 12.7. The summed E-state index contributed by atoms with van der Waals surface area (Å²) in [6.07, 6.45) is 4.05. The number of esters is 2. The van der Waals surface area contributed by atoms with E-state index in [1.165, 1.54) is 12.5 Å². The molecule has 14 nitrogen and oxygen atoms in total. The third kappa shape index (κ3) is 12.4. The number of carbonyl (C=O) groups excluding carboxylic acids is 6. The van der Waals surface area contributed by atoms with E-state index in [2.05, 4.69) is 0 Å². The van der Waals surface area contributed by atoms with Crippen LogP contribution in [-0.2, 0) is 57.5 Å². The molecule has 2 rings (SSSR count). The van der Waals surface area contributed by atoms with E-state index in [0.717, 1.165) is 5.69 Å². The lowest BCUT2D eigenvalue weighted by atomic mass is 10.1. The van der Waals surface area contributed by atoms with Crippen LogP contribution < -0.4 is 10.9 Å². The van der Waals surface area contributed by atoms with Gasteiger partial charge in [-0.05, 0) is 34.1 Å². The molecule has 0 fully saturated rings. The Bertz CT molecular complexity index is 1310. The molecule has 0 aromatic carbocycles. The second-order valence-electron chi connectivity index (χ2n) is 7.84. The van der Waals surface area contributed by atoms with Gasteiger partial charge < -0.3 is 27.9 Å². The third-order valence-corrected chi connectivity index (χ3v) is 5.49. The van der Waals surface area contributed by atoms with Crippen molar-refractivity contribution < 1.29 is 52.1 Å². The van der Waals surface area contributed by atoms with Crippen LogP contribution in [0.1, 0.15) is 71.0 Å². The predicted octanol–water partition coefficient (Wildman–Crippen LogP) is 2.04. The van der Waals surface area contributed by atoms with Gasteiger partial charge in [0.1, 0.15) is 23.2 Å². The summed E-state index contributed by atoms with van der Waals surface area (Å²) in [5.41, 5.74) is 1.29. The Labute approximate surface area is 242 Å². The van der Waals surface area contributed by atoms with Crippen molar-refractivity contribution in [3.8, 4) is 0 Å². The molecule has 0 aliphatic heterocycles. The Morgan fingerprint density at radius 2 is 1.26 bits per heavy atom. The highest BCUT2D eigenvalue weighted by molar-refractivity contribution is 5.89. The molecule has 0 aliphatic rings. The zero-order valence-electron chi connectivity index (χ0n) is 25.0. The van der Waals surface area contributed by atoms with Crippen molar-refractivity contribution in [2.45, 2.75) is 67.2 Å². The van der Waals surface area contributed by atoms with Crippen LogP contribution >= 0.6 is 0 Å². The molecule has 0 saturated heterocycles. The van der Waals surface area contributed by atoms with Crippen LogP contribution in [0.2, 0.25) is 0 Å². The molecule has 0 bridgehead atoms. The van der Waals surface area contributed by atoms with E-state index < -0.39 is 18.2 Å². The molecular formula is C28H37NO13. The van der Waals surface area contributed by atoms with Gasteiger partial charge in [-0.3, -0.25) is 9.59 Å². The van der Waals surface area contributed by atoms with Crippen LogP contribution in [0.5, 0.6) is 0 Å². The first-order chi connectivity index (χ1) is 19.9. The molecule has 0 radical (unpaired) electrons. The molecule has 0 aliphatic carbocycles. The fourth-order valence-corrected chi connectivity index (χ4v) is 3.53. The maximum Gasteiger partial charge on any atom is 0.373 e. The van der Waals surface area contributed by atoms with Gasteiger partial charge in [-0.1, -0.05) is 13.8 Å². The van der Waals surface area contributed by atoms with Gasteiger partial charge in [0.2, 0.25) is 5.43 Å². The van der Waals surface area contributed by atoms with Gasteiger partial charge in [-0.15, -0.1) is 0 Å². The average molecular weight is 596 g/mol. The molecule has 2 aromatic rings. The summed E-state index contributed by atoms with van der Waals surface area (Å²) in [5, 5.41) is 0. The summed E-state index contributed by atoms with van der Waals surface area (Å²) in [7, 11) is 3.09. The largest absolute Gasteiger partial charge is 0.468 e. The van der Waals surface area contributed by atoms with E-state index in [-0.39, 0.29) is 47.5 Å². The normalized spacial score (nSPS) is 9.45. The van der Waals surface area contributed by atoms with Gasteiger partial charge in [0.15, 0.2) is 11.7 Å². The number of hydrogen-bond donors (Lipinski definition) is 0. The molecule has 0 saturated carbocycles. The first kappa shape index (κ1) is 39.7. The van der Waals surface area contributed by atoms with Gasteiger partial charge >= 0.3 is 24.2 Å². The Kier molecular flexibility index (Phi) is 21.0. The van der Waals surface area contributed by atoms with Crippen molar-refractivity contribution in [3.05, 3.63) is 66.6 Å². The summed E-state index contributed by atoms with van der Waals surface area (Å²) >= 11 is 0. The van der Waals surface area contributed by atoms with Crippen LogP contribution in [0, 0.1) is 13.8 Å². The molecule has 232 valence electrons. The zero-order chi connectivity index (χ0) is 32.8. The zero-order valence-corrected chi connectivity index (χ0v) is 25.0. The molecule has 14 heteroatoms. The van der Waals surface area contributed by atoms with Gasteiger partial charge in [0.05, 0.1) is 19.8 Å². The fourth-order valence-electron chi connectivity index (χ4n) is 3.53. The molecule has 42 heavy (non-hydrogen) atoms. The van der Waals surface area contributed by atoms with Crippen molar-refractivity contribution in [1.82, 2.24) is 4.57 Å². The van der Waals surface area contributed by atoms with E-state index in [9.17, 15) is 19.2 Å². The SMILES string of the molecule is CCOC(=O)c1cn(CC(OC)OC)c(CC)c(C)c1=O.CCOC(=O)c1coc(CC)c(C)c1=O.O=C=O.O=C=O. The van der Waals surface area contributed by atoms with Gasteiger partial charge in [0.25, 0.3) is 0 Å². The lowest BCUT2D eigenvalue weighted by Gasteiger charge is -2.20. The lowest BCUT2D eigenvalue weighted by Crippen LogP contribution is -2.29. The van der Waals surface area contributed by atoms with Gasteiger partial charge in [0, 0.05) is 43.7 Å². The number of aromatic nitrogens is 1. The van der Waals surface area contributed by atoms with Crippen LogP contribution in [-0.4, -0.2) is 62.5 Å². The highest BCUT2D eigenvalue weighted by Gasteiger charge is 2.19. The minimum absolute atomic E-state index is 0.0356. The van der Waals surface area contributed by atoms with Crippen molar-refractivity contribution in [2.24, 2.45) is 0 Å². The van der Waals surface area contributed by atoms with Crippen molar-refractivity contribution in [3.63, 3.8) is 0 Å². The number of hydrogen-bond acceptors (Lipinski definition) is 13. The lowest BCUT2D eigenvalue weighted by molar-refractivity contribution is -0.193. The van der Waals surface area contributed by atoms with Crippen LogP contribution in [0.25, 0.3) is 0 Å². The molecule has 0 spiro atoms. The standard InChI is InChI=1S/C15H23NO5.C11H14O4.2CO2/c1-6-12-10(3)14(17)11(15(18)21-7-2)8-16(12)9-13(19-4)20-5;1-4-9-7(3)10(12)8(6-15-9)11(13)14-5-2;2*2-1-3/h8,13H,6-7,9H2,1-5H3;6H,4-5H2,1-3H3;;. The fraction of sp³-hybridized carbons (Fsp3) is 0.500. The highest BCUT2D eigenvalue weighted by Crippen LogP contribution is 2.11. The summed E-state index contributed by atoms with van der Waals surface area (Å²) in [5.74, 6) is -0.626. The Morgan fingerprint density at radius 1 is 0.810 bits per heavy atom. The first-order valence-corrected chi connectivity index (χ1v) is 12.7. The number of methoxy groups -OCH3 is 2. The predicted molar refractivity (Wildman–Crippen MR) is 144 cm³/mol. The minimum atomic E-state index is -0.628. The van der Waals surface area contributed by atoms with Crippen molar-refractivity contribution in [2.75, 3.05) is 27.4 Å². The van der Waals surface area contributed by atoms with E-state index in [1.54, 1.807) is 41.9 Å². The average Bonchev–Trinajstić information content (AvgIpc) is 2.96. The number of aryl methyl sites for hydroxylation is 1. The number of carbonyl (C=O) groups is 2. The van der Waals surface area contributed by atoms with Crippen LogP contribution in [0.15, 0.2) is 26.5 Å². The quantitative estimate of drug-likeness (QED) is 0.286. The van der Waals surface area contributed by atoms with E-state index >= 15 is 0 Å². The van der Waals surface area contributed by atoms with Crippen molar-refractivity contribution in [1.29, 1.82) is 0 Å². The topological polar surface area (TPSA) is 192 Å². The second kappa shape index (κ2) is 22.2. The van der Waals surface area contributed by atoms with E-state index in [4.69, 9.17) is 42.5 Å². The molecule has 2 heterocycles. The molecular weight excluding hydrogens is 558 g/mol. The Hall–Kier alpha value is -4.48. The smallest absolute Gasteiger partial charge is 0.373 e. The number of ether oxygens (including phenoxy) is 4. The molecule has 0 N–H and O–H groups in total. The molecule has 2 aromatic heterocycles. The van der Waals surface area contributed by atoms with E-state index in [0.29, 0.717) is 36.3 Å². The minimum Gasteiger partial charge on any atom is -0.468 e. The summed E-state index contributed by atoms with van der Waals surface area (Å²) in [6, 6.07) is 0. The Balaban J connectivity index is 0. The monoisotopic (exact) mass is 595 g/mol. The number of pyridine rings is 1. The Morgan fingerprint density at radius 3 is 1.67 bits per heavy atom. The number of nitrogens with zero attached hydrogens (tertiary/aromatic N) is 1. The second-order valence-corrected chi connectivity index (χ2v) is 7.84.